The highest BCUT2D eigenvalue weighted by atomic mass is 79.9. The Morgan fingerprint density at radius 3 is 1.00 bits per heavy atom. The van der Waals surface area contributed by atoms with Crippen molar-refractivity contribution in [3.8, 4) is 0 Å². The van der Waals surface area contributed by atoms with Gasteiger partial charge in [-0.15, -0.1) is 0 Å². The number of fused-ring (bicyclic) bond motifs is 4. The van der Waals surface area contributed by atoms with Crippen LogP contribution in [0.2, 0.25) is 0 Å². The van der Waals surface area contributed by atoms with E-state index in [9.17, 15) is 0 Å². The highest BCUT2D eigenvalue weighted by molar-refractivity contribution is 9.10. The van der Waals surface area contributed by atoms with Gasteiger partial charge in [-0.25, -0.2) is 0 Å². The monoisotopic (exact) mass is 568 g/mol. The van der Waals surface area contributed by atoms with Crippen molar-refractivity contribution in [1.29, 1.82) is 0 Å². The van der Waals surface area contributed by atoms with E-state index in [1.807, 2.05) is 0 Å². The molecular weight excluding hydrogens is 536 g/mol. The third-order valence-electron chi connectivity index (χ3n) is 5.50. The highest BCUT2D eigenvalue weighted by Crippen LogP contribution is 2.25. The normalized spacial score (nSPS) is 18.6. The van der Waals surface area contributed by atoms with Gasteiger partial charge >= 0.3 is 0 Å². The molecule has 4 nitrogen and oxygen atoms in total. The van der Waals surface area contributed by atoms with Crippen molar-refractivity contribution < 1.29 is 18.9 Å². The second-order valence-corrected chi connectivity index (χ2v) is 9.70. The van der Waals surface area contributed by atoms with Gasteiger partial charge in [0.2, 0.25) is 0 Å². The number of rotatable bonds is 0. The number of benzene rings is 2. The van der Waals surface area contributed by atoms with Crippen LogP contribution in [0.1, 0.15) is 60.8 Å². The van der Waals surface area contributed by atoms with Gasteiger partial charge in [0, 0.05) is 35.4 Å². The maximum absolute atomic E-state index is 5.91. The summed E-state index contributed by atoms with van der Waals surface area (Å²) in [6.07, 6.45) is 6.37. The first-order chi connectivity index (χ1) is 15.8. The fourth-order valence-electron chi connectivity index (χ4n) is 3.61. The second kappa shape index (κ2) is 15.2. The van der Waals surface area contributed by atoms with Crippen LogP contribution in [0.15, 0.2) is 45.3 Å². The molecule has 0 saturated carbocycles. The first-order valence-electron chi connectivity index (χ1n) is 11.6. The van der Waals surface area contributed by atoms with E-state index in [0.717, 1.165) is 73.9 Å². The number of hydrogen-bond acceptors (Lipinski definition) is 4. The third-order valence-corrected chi connectivity index (χ3v) is 7.54. The Kier molecular flexibility index (Phi) is 12.3. The molecule has 0 saturated heterocycles. The van der Waals surface area contributed by atoms with Gasteiger partial charge in [0.05, 0.1) is 26.4 Å². The molecule has 2 aromatic rings. The van der Waals surface area contributed by atoms with Crippen molar-refractivity contribution in [3.63, 3.8) is 0 Å². The lowest BCUT2D eigenvalue weighted by atomic mass is 10.1. The predicted molar refractivity (Wildman–Crippen MR) is 135 cm³/mol. The van der Waals surface area contributed by atoms with E-state index >= 15 is 0 Å². The zero-order valence-corrected chi connectivity index (χ0v) is 21.9. The molecule has 1 aliphatic rings. The molecule has 0 atom stereocenters. The Labute approximate surface area is 209 Å². The quantitative estimate of drug-likeness (QED) is 0.333. The van der Waals surface area contributed by atoms with Gasteiger partial charge in [-0.05, 0) is 60.8 Å². The van der Waals surface area contributed by atoms with Gasteiger partial charge in [0.25, 0.3) is 0 Å². The maximum Gasteiger partial charge on any atom is 0.0727 e. The van der Waals surface area contributed by atoms with Gasteiger partial charge in [-0.1, -0.05) is 68.3 Å². The van der Waals surface area contributed by atoms with Crippen molar-refractivity contribution in [2.24, 2.45) is 0 Å². The molecule has 176 valence electrons. The zero-order chi connectivity index (χ0) is 22.4. The van der Waals surface area contributed by atoms with Crippen molar-refractivity contribution in [3.05, 3.63) is 67.6 Å². The Bertz CT molecular complexity index is 688. The molecule has 32 heavy (non-hydrogen) atoms. The van der Waals surface area contributed by atoms with Crippen molar-refractivity contribution in [2.45, 2.75) is 65.0 Å². The van der Waals surface area contributed by atoms with Crippen LogP contribution in [0.4, 0.5) is 0 Å². The molecule has 2 aromatic carbocycles. The lowest BCUT2D eigenvalue weighted by Gasteiger charge is -2.12. The number of halogens is 2. The summed E-state index contributed by atoms with van der Waals surface area (Å²) in [6.45, 7) is 5.54. The molecule has 0 fully saturated rings. The van der Waals surface area contributed by atoms with Crippen LogP contribution in [0.3, 0.4) is 0 Å². The minimum atomic E-state index is 0.620. The fraction of sp³-hybridized carbons (Fsp3) is 0.538. The van der Waals surface area contributed by atoms with E-state index in [1.54, 1.807) is 0 Å². The molecule has 0 unspecified atom stereocenters. The van der Waals surface area contributed by atoms with Gasteiger partial charge in [-0.3, -0.25) is 0 Å². The van der Waals surface area contributed by atoms with Crippen LogP contribution in [0.5, 0.6) is 0 Å². The van der Waals surface area contributed by atoms with Crippen LogP contribution in [-0.4, -0.2) is 26.4 Å². The van der Waals surface area contributed by atoms with Crippen molar-refractivity contribution in [1.82, 2.24) is 0 Å². The molecule has 1 heterocycles. The fourth-order valence-corrected chi connectivity index (χ4v) is 4.60. The first kappa shape index (κ1) is 25.9. The minimum absolute atomic E-state index is 0.620. The van der Waals surface area contributed by atoms with Crippen LogP contribution >= 0.6 is 31.9 Å². The SMILES string of the molecule is Brc1c2cccc1COCCCCCOCc1cccc(c1Br)COCCCCCOC2. The molecule has 0 amide bonds. The summed E-state index contributed by atoms with van der Waals surface area (Å²) in [5, 5.41) is 0. The van der Waals surface area contributed by atoms with E-state index in [4.69, 9.17) is 18.9 Å². The van der Waals surface area contributed by atoms with Crippen LogP contribution < -0.4 is 0 Å². The topological polar surface area (TPSA) is 36.9 Å². The molecule has 0 spiro atoms. The standard InChI is InChI=1S/C26H34Br2O4/c27-25-21-9-7-11-23(25)19-31-15-5-2-6-16-32-20-24-12-8-10-22(26(24)28)18-30-14-4-1-3-13-29-17-21/h7-12H,1-6,13-20H2. The van der Waals surface area contributed by atoms with E-state index < -0.39 is 0 Å². The largest absolute Gasteiger partial charge is 0.377 e. The summed E-state index contributed by atoms with van der Waals surface area (Å²) < 4.78 is 25.8. The lowest BCUT2D eigenvalue weighted by molar-refractivity contribution is 0.0974. The van der Waals surface area contributed by atoms with Crippen LogP contribution in [0, 0.1) is 0 Å². The van der Waals surface area contributed by atoms with Gasteiger partial charge in [0.15, 0.2) is 0 Å². The minimum Gasteiger partial charge on any atom is -0.377 e. The Morgan fingerprint density at radius 1 is 0.438 bits per heavy atom. The van der Waals surface area contributed by atoms with Crippen molar-refractivity contribution in [2.75, 3.05) is 26.4 Å². The van der Waals surface area contributed by atoms with E-state index in [1.165, 1.54) is 22.3 Å². The molecule has 1 aliphatic heterocycles. The maximum atomic E-state index is 5.91. The Morgan fingerprint density at radius 2 is 0.719 bits per heavy atom. The lowest BCUT2D eigenvalue weighted by Crippen LogP contribution is -2.03. The molecule has 3 rings (SSSR count). The van der Waals surface area contributed by atoms with E-state index in [2.05, 4.69) is 68.3 Å². The molecule has 0 aliphatic carbocycles. The first-order valence-corrected chi connectivity index (χ1v) is 13.2. The Hall–Kier alpha value is -0.760. The molecular formula is C26H34Br2O4. The Balaban J connectivity index is 1.51. The second-order valence-electron chi connectivity index (χ2n) is 8.11. The predicted octanol–water partition coefficient (Wildman–Crippen LogP) is 7.33. The molecule has 4 bridgehead atoms. The average Bonchev–Trinajstić information content (AvgIpc) is 2.80. The molecule has 0 radical (unpaired) electrons. The van der Waals surface area contributed by atoms with Crippen LogP contribution in [0.25, 0.3) is 0 Å². The average molecular weight is 570 g/mol. The summed E-state index contributed by atoms with van der Waals surface area (Å²) >= 11 is 7.46. The van der Waals surface area contributed by atoms with Gasteiger partial charge < -0.3 is 18.9 Å². The smallest absolute Gasteiger partial charge is 0.0727 e. The summed E-state index contributed by atoms with van der Waals surface area (Å²) in [6, 6.07) is 12.6. The van der Waals surface area contributed by atoms with Crippen molar-refractivity contribution >= 4 is 31.9 Å². The zero-order valence-electron chi connectivity index (χ0n) is 18.8. The third kappa shape index (κ3) is 8.88. The van der Waals surface area contributed by atoms with E-state index in [0.29, 0.717) is 26.4 Å². The summed E-state index contributed by atoms with van der Waals surface area (Å²) in [5.74, 6) is 0. The summed E-state index contributed by atoms with van der Waals surface area (Å²) in [5.41, 5.74) is 4.70. The molecule has 6 heteroatoms. The molecule has 0 N–H and O–H groups in total. The number of ether oxygens (including phenoxy) is 4. The summed E-state index contributed by atoms with van der Waals surface area (Å²) in [4.78, 5) is 0. The number of hydrogen-bond donors (Lipinski definition) is 0. The summed E-state index contributed by atoms with van der Waals surface area (Å²) in [7, 11) is 0. The van der Waals surface area contributed by atoms with Gasteiger partial charge in [-0.2, -0.15) is 0 Å². The van der Waals surface area contributed by atoms with Crippen LogP contribution in [-0.2, 0) is 45.4 Å². The van der Waals surface area contributed by atoms with Gasteiger partial charge in [0.1, 0.15) is 0 Å². The van der Waals surface area contributed by atoms with E-state index in [-0.39, 0.29) is 0 Å². The highest BCUT2D eigenvalue weighted by Gasteiger charge is 2.08. The molecule has 0 aromatic heterocycles.